The molecule has 1 aliphatic heterocycles. The standard InChI is InChI=1S/C29H31F5N2O3S/c1-39-20-2-3-24-21(14-20)27(18(16-30)17-35-24)22(32)4-5-29(15-26(37)38)6-8-36(9-7-29)10-11-40-25-13-19(31)12-23(33)28(25)34/h2-3,12-14,17,22H,4-11,15-16H2,1H3,(H,37,38). The Bertz CT molecular complexity index is 1350. The highest BCUT2D eigenvalue weighted by atomic mass is 32.2. The smallest absolute Gasteiger partial charge is 0.303 e. The lowest BCUT2D eigenvalue weighted by Crippen LogP contribution is -2.42. The molecule has 4 rings (SSSR count). The van der Waals surface area contributed by atoms with Crippen LogP contribution in [0.2, 0.25) is 0 Å². The van der Waals surface area contributed by atoms with Crippen LogP contribution in [0.4, 0.5) is 22.0 Å². The minimum absolute atomic E-state index is 0.0247. The third-order valence-corrected chi connectivity index (χ3v) is 8.65. The third kappa shape index (κ3) is 7.04. The number of hydrogen-bond donors (Lipinski definition) is 1. The number of rotatable bonds is 12. The van der Waals surface area contributed by atoms with Gasteiger partial charge in [-0.1, -0.05) is 0 Å². The van der Waals surface area contributed by atoms with Crippen LogP contribution in [0, 0.1) is 22.9 Å². The van der Waals surface area contributed by atoms with Gasteiger partial charge >= 0.3 is 5.97 Å². The fourth-order valence-corrected chi connectivity index (χ4v) is 6.41. The van der Waals surface area contributed by atoms with Gasteiger partial charge in [-0.05, 0) is 68.5 Å². The summed E-state index contributed by atoms with van der Waals surface area (Å²) in [6, 6.07) is 6.48. The molecule has 1 saturated heterocycles. The number of thioether (sulfide) groups is 1. The van der Waals surface area contributed by atoms with Crippen molar-refractivity contribution in [3.8, 4) is 5.75 Å². The molecule has 216 valence electrons. The molecule has 3 aromatic rings. The first-order valence-electron chi connectivity index (χ1n) is 13.0. The van der Waals surface area contributed by atoms with E-state index in [1.165, 1.54) is 13.3 Å². The molecule has 2 aromatic carbocycles. The van der Waals surface area contributed by atoms with Crippen molar-refractivity contribution in [2.75, 3.05) is 32.5 Å². The molecule has 1 aromatic heterocycles. The van der Waals surface area contributed by atoms with Gasteiger partial charge in [-0.3, -0.25) is 9.78 Å². The van der Waals surface area contributed by atoms with Gasteiger partial charge in [0.15, 0.2) is 11.6 Å². The summed E-state index contributed by atoms with van der Waals surface area (Å²) in [7, 11) is 1.49. The second-order valence-electron chi connectivity index (χ2n) is 10.2. The lowest BCUT2D eigenvalue weighted by atomic mass is 9.71. The molecule has 2 heterocycles. The molecule has 0 aliphatic carbocycles. The van der Waals surface area contributed by atoms with E-state index in [2.05, 4.69) is 9.88 Å². The minimum atomic E-state index is -1.52. The number of nitrogens with zero attached hydrogens (tertiary/aromatic N) is 2. The zero-order valence-electron chi connectivity index (χ0n) is 22.1. The Morgan fingerprint density at radius 1 is 1.20 bits per heavy atom. The van der Waals surface area contributed by atoms with Gasteiger partial charge in [0.05, 0.1) is 19.0 Å². The summed E-state index contributed by atoms with van der Waals surface area (Å²) < 4.78 is 75.7. The average Bonchev–Trinajstić information content (AvgIpc) is 2.94. The topological polar surface area (TPSA) is 62.7 Å². The summed E-state index contributed by atoms with van der Waals surface area (Å²) in [6.45, 7) is 0.739. The van der Waals surface area contributed by atoms with Crippen molar-refractivity contribution in [2.24, 2.45) is 5.41 Å². The van der Waals surface area contributed by atoms with E-state index < -0.39 is 41.7 Å². The Morgan fingerprint density at radius 3 is 2.62 bits per heavy atom. The minimum Gasteiger partial charge on any atom is -0.497 e. The number of fused-ring (bicyclic) bond motifs is 1. The number of carboxylic acids is 1. The summed E-state index contributed by atoms with van der Waals surface area (Å²) in [5.41, 5.74) is 0.256. The van der Waals surface area contributed by atoms with Gasteiger partial charge in [0.2, 0.25) is 0 Å². The quantitative estimate of drug-likeness (QED) is 0.138. The molecule has 1 aliphatic rings. The molecular weight excluding hydrogens is 551 g/mol. The molecule has 0 radical (unpaired) electrons. The van der Waals surface area contributed by atoms with Crippen molar-refractivity contribution in [3.63, 3.8) is 0 Å². The van der Waals surface area contributed by atoms with Gasteiger partial charge < -0.3 is 14.7 Å². The number of methoxy groups -OCH3 is 1. The number of aromatic nitrogens is 1. The summed E-state index contributed by atoms with van der Waals surface area (Å²) in [5, 5.41) is 10.1. The number of aliphatic carboxylic acids is 1. The van der Waals surface area contributed by atoms with Crippen LogP contribution in [0.1, 0.15) is 49.4 Å². The molecule has 40 heavy (non-hydrogen) atoms. The highest BCUT2D eigenvalue weighted by molar-refractivity contribution is 7.99. The number of carboxylic acid groups (broad SMARTS) is 1. The Morgan fingerprint density at radius 2 is 1.95 bits per heavy atom. The van der Waals surface area contributed by atoms with E-state index >= 15 is 4.39 Å². The van der Waals surface area contributed by atoms with E-state index in [4.69, 9.17) is 4.74 Å². The fourth-order valence-electron chi connectivity index (χ4n) is 5.42. The Labute approximate surface area is 233 Å². The van der Waals surface area contributed by atoms with E-state index in [-0.39, 0.29) is 28.9 Å². The molecule has 1 fully saturated rings. The number of ether oxygens (including phenoxy) is 1. The van der Waals surface area contributed by atoms with Gasteiger partial charge in [0, 0.05) is 46.0 Å². The Kier molecular flexibility index (Phi) is 9.89. The maximum atomic E-state index is 15.8. The van der Waals surface area contributed by atoms with Gasteiger partial charge in [0.1, 0.15) is 24.4 Å². The maximum Gasteiger partial charge on any atom is 0.303 e. The number of pyridine rings is 1. The van der Waals surface area contributed by atoms with Crippen LogP contribution in [0.25, 0.3) is 10.9 Å². The highest BCUT2D eigenvalue weighted by Gasteiger charge is 2.37. The van der Waals surface area contributed by atoms with E-state index in [1.807, 2.05) is 0 Å². The first-order chi connectivity index (χ1) is 19.1. The summed E-state index contributed by atoms with van der Waals surface area (Å²) in [4.78, 5) is 18.0. The van der Waals surface area contributed by atoms with Crippen molar-refractivity contribution >= 4 is 28.6 Å². The van der Waals surface area contributed by atoms with E-state index in [1.54, 1.807) is 18.2 Å². The number of hydrogen-bond acceptors (Lipinski definition) is 5. The second kappa shape index (κ2) is 13.2. The summed E-state index contributed by atoms with van der Waals surface area (Å²) in [6.07, 6.45) is 1.06. The molecule has 11 heteroatoms. The zero-order valence-corrected chi connectivity index (χ0v) is 22.9. The third-order valence-electron chi connectivity index (χ3n) is 7.65. The summed E-state index contributed by atoms with van der Waals surface area (Å²) in [5.74, 6) is -3.24. The lowest BCUT2D eigenvalue weighted by molar-refractivity contribution is -0.141. The highest BCUT2D eigenvalue weighted by Crippen LogP contribution is 2.43. The van der Waals surface area contributed by atoms with Crippen LogP contribution in [-0.4, -0.2) is 53.5 Å². The molecule has 1 atom stereocenters. The normalized spacial score (nSPS) is 16.2. The van der Waals surface area contributed by atoms with Gasteiger partial charge in [0.25, 0.3) is 0 Å². The van der Waals surface area contributed by atoms with Crippen LogP contribution in [-0.2, 0) is 11.5 Å². The van der Waals surface area contributed by atoms with Gasteiger partial charge in [-0.15, -0.1) is 11.8 Å². The maximum absolute atomic E-state index is 15.8. The first-order valence-corrected chi connectivity index (χ1v) is 14.0. The van der Waals surface area contributed by atoms with E-state index in [0.717, 1.165) is 17.8 Å². The predicted molar refractivity (Wildman–Crippen MR) is 144 cm³/mol. The number of carbonyl (C=O) groups is 1. The molecule has 0 bridgehead atoms. The molecule has 1 unspecified atom stereocenters. The van der Waals surface area contributed by atoms with Crippen molar-refractivity contribution in [1.82, 2.24) is 9.88 Å². The fraction of sp³-hybridized carbons (Fsp3) is 0.448. The molecule has 0 amide bonds. The van der Waals surface area contributed by atoms with Crippen LogP contribution < -0.4 is 4.74 Å². The van der Waals surface area contributed by atoms with Crippen molar-refractivity contribution in [3.05, 3.63) is 65.1 Å². The Balaban J connectivity index is 1.41. The van der Waals surface area contributed by atoms with Crippen LogP contribution in [0.5, 0.6) is 5.75 Å². The number of halogens is 5. The molecule has 5 nitrogen and oxygen atoms in total. The first kappa shape index (κ1) is 30.0. The van der Waals surface area contributed by atoms with Crippen LogP contribution in [0.15, 0.2) is 41.4 Å². The number of piperidine rings is 1. The molecule has 0 spiro atoms. The number of alkyl halides is 2. The van der Waals surface area contributed by atoms with Crippen LogP contribution >= 0.6 is 11.8 Å². The van der Waals surface area contributed by atoms with Gasteiger partial charge in [-0.25, -0.2) is 22.0 Å². The van der Waals surface area contributed by atoms with E-state index in [0.29, 0.717) is 67.4 Å². The number of benzene rings is 2. The lowest BCUT2D eigenvalue weighted by Gasteiger charge is -2.41. The SMILES string of the molecule is COc1ccc2ncc(CF)c(C(F)CCC3(CC(=O)O)CCN(CCSc4cc(F)cc(F)c4F)CC3)c2c1. The molecule has 1 N–H and O–H groups in total. The largest absolute Gasteiger partial charge is 0.497 e. The second-order valence-corrected chi connectivity index (χ2v) is 11.3. The summed E-state index contributed by atoms with van der Waals surface area (Å²) >= 11 is 1.01. The number of likely N-dealkylation sites (tertiary alicyclic amines) is 1. The van der Waals surface area contributed by atoms with Crippen molar-refractivity contribution in [2.45, 2.75) is 49.8 Å². The van der Waals surface area contributed by atoms with Crippen LogP contribution in [0.3, 0.4) is 0 Å². The molecular formula is C29H31F5N2O3S. The average molecular weight is 583 g/mol. The Hall–Kier alpha value is -2.92. The van der Waals surface area contributed by atoms with Crippen molar-refractivity contribution in [1.29, 1.82) is 0 Å². The van der Waals surface area contributed by atoms with Gasteiger partial charge in [-0.2, -0.15) is 0 Å². The predicted octanol–water partition coefficient (Wildman–Crippen LogP) is 7.27. The monoisotopic (exact) mass is 582 g/mol. The van der Waals surface area contributed by atoms with Crippen molar-refractivity contribution < 1.29 is 36.6 Å². The molecule has 0 saturated carbocycles. The van der Waals surface area contributed by atoms with E-state index in [9.17, 15) is 27.5 Å². The zero-order chi connectivity index (χ0) is 28.9.